The number of hydrogen-bond donors (Lipinski definition) is 0. The van der Waals surface area contributed by atoms with Gasteiger partial charge in [-0.2, -0.15) is 0 Å². The normalized spacial score (nSPS) is 18.6. The maximum atomic E-state index is 12.4. The van der Waals surface area contributed by atoms with Crippen molar-refractivity contribution < 1.29 is 13.3 Å². The maximum absolute atomic E-state index is 12.4. The molecular weight excluding hydrogens is 295 g/mol. The van der Waals surface area contributed by atoms with E-state index in [1.165, 1.54) is 22.8 Å². The van der Waals surface area contributed by atoms with E-state index in [0.717, 1.165) is 12.2 Å². The molecule has 7 heteroatoms. The predicted molar refractivity (Wildman–Crippen MR) is 82.6 cm³/mol. The van der Waals surface area contributed by atoms with Gasteiger partial charge < -0.3 is 4.52 Å². The van der Waals surface area contributed by atoms with Crippen molar-refractivity contribution in [2.75, 3.05) is 23.9 Å². The molecule has 0 aromatic heterocycles. The molecule has 0 radical (unpaired) electrons. The van der Waals surface area contributed by atoms with Crippen molar-refractivity contribution in [3.63, 3.8) is 0 Å². The Hall–Kier alpha value is 1.04. The van der Waals surface area contributed by atoms with Crippen LogP contribution in [-0.2, 0) is 19.9 Å². The molecular formula is C10H23O3PS3. The van der Waals surface area contributed by atoms with E-state index < -0.39 is 16.6 Å². The molecule has 104 valence electrons. The van der Waals surface area contributed by atoms with Crippen LogP contribution in [0.15, 0.2) is 0 Å². The maximum Gasteiger partial charge on any atom is 0.313 e. The summed E-state index contributed by atoms with van der Waals surface area (Å²) in [6.45, 7) is 8.22. The molecule has 0 fully saturated rings. The fraction of sp³-hybridized carbons (Fsp3) is 1.00. The highest BCUT2D eigenvalue weighted by molar-refractivity contribution is 8.89. The molecule has 0 aliphatic carbocycles. The first-order valence-corrected chi connectivity index (χ1v) is 12.1. The van der Waals surface area contributed by atoms with E-state index in [2.05, 4.69) is 6.92 Å². The van der Waals surface area contributed by atoms with Crippen LogP contribution in [0.1, 0.15) is 34.1 Å². The zero-order valence-electron chi connectivity index (χ0n) is 11.0. The van der Waals surface area contributed by atoms with Crippen LogP contribution >= 0.6 is 28.5 Å². The second kappa shape index (κ2) is 9.90. The van der Waals surface area contributed by atoms with Gasteiger partial charge in [-0.3, -0.25) is 8.77 Å². The lowest BCUT2D eigenvalue weighted by molar-refractivity contribution is 0.357. The van der Waals surface area contributed by atoms with Crippen molar-refractivity contribution in [2.45, 2.75) is 39.4 Å². The third kappa shape index (κ3) is 7.93. The molecule has 0 aliphatic rings. The van der Waals surface area contributed by atoms with Gasteiger partial charge in [-0.05, 0) is 20.3 Å². The highest BCUT2D eigenvalue weighted by Crippen LogP contribution is 2.70. The summed E-state index contributed by atoms with van der Waals surface area (Å²) in [5.74, 6) is -0.509. The molecule has 0 bridgehead atoms. The molecule has 0 aromatic carbocycles. The first-order chi connectivity index (χ1) is 7.99. The van der Waals surface area contributed by atoms with E-state index in [1.54, 1.807) is 0 Å². The van der Waals surface area contributed by atoms with Crippen LogP contribution < -0.4 is 0 Å². The minimum absolute atomic E-state index is 0.0704. The summed E-state index contributed by atoms with van der Waals surface area (Å²) in [4.78, 5) is 0. The van der Waals surface area contributed by atoms with E-state index in [9.17, 15) is 8.77 Å². The largest absolute Gasteiger partial charge is 0.314 e. The Balaban J connectivity index is 4.25. The van der Waals surface area contributed by atoms with E-state index in [0.29, 0.717) is 18.1 Å². The number of rotatable bonds is 10. The minimum atomic E-state index is -2.64. The topological polar surface area (TPSA) is 43.4 Å². The van der Waals surface area contributed by atoms with Crippen LogP contribution in [0.5, 0.6) is 0 Å². The van der Waals surface area contributed by atoms with Gasteiger partial charge in [0.25, 0.3) is 0 Å². The second-order valence-corrected chi connectivity index (χ2v) is 13.2. The van der Waals surface area contributed by atoms with E-state index >= 15 is 0 Å². The minimum Gasteiger partial charge on any atom is -0.314 e. The van der Waals surface area contributed by atoms with Gasteiger partial charge in [0.2, 0.25) is 0 Å². The van der Waals surface area contributed by atoms with Gasteiger partial charge in [-0.25, -0.2) is 0 Å². The van der Waals surface area contributed by atoms with Gasteiger partial charge in [-0.1, -0.05) is 36.6 Å². The SMILES string of the molecule is CCCSP(=O)(OCC)SCC(C)S(=O)CC. The first-order valence-electron chi connectivity index (χ1n) is 5.89. The third-order valence-electron chi connectivity index (χ3n) is 1.94. The Morgan fingerprint density at radius 2 is 1.94 bits per heavy atom. The van der Waals surface area contributed by atoms with Gasteiger partial charge in [0.15, 0.2) is 0 Å². The van der Waals surface area contributed by atoms with Crippen molar-refractivity contribution in [3.05, 3.63) is 0 Å². The van der Waals surface area contributed by atoms with Crippen LogP contribution in [0.3, 0.4) is 0 Å². The van der Waals surface area contributed by atoms with Gasteiger partial charge in [0.1, 0.15) is 0 Å². The Bertz CT molecular complexity index is 274. The van der Waals surface area contributed by atoms with Gasteiger partial charge in [0.05, 0.1) is 6.61 Å². The molecule has 3 unspecified atom stereocenters. The van der Waals surface area contributed by atoms with Crippen molar-refractivity contribution in [1.29, 1.82) is 0 Å². The summed E-state index contributed by atoms with van der Waals surface area (Å²) in [5.41, 5.74) is 0. The predicted octanol–water partition coefficient (Wildman–Crippen LogP) is 4.16. The molecule has 0 heterocycles. The Morgan fingerprint density at radius 1 is 1.29 bits per heavy atom. The monoisotopic (exact) mass is 318 g/mol. The fourth-order valence-corrected chi connectivity index (χ4v) is 9.68. The Morgan fingerprint density at radius 3 is 2.41 bits per heavy atom. The van der Waals surface area contributed by atoms with Crippen LogP contribution in [0.25, 0.3) is 0 Å². The van der Waals surface area contributed by atoms with Crippen LogP contribution in [-0.4, -0.2) is 33.3 Å². The molecule has 0 saturated heterocycles. The van der Waals surface area contributed by atoms with Crippen LogP contribution in [0, 0.1) is 0 Å². The fourth-order valence-electron chi connectivity index (χ4n) is 1.03. The molecule has 0 N–H and O–H groups in total. The van der Waals surface area contributed by atoms with Crippen molar-refractivity contribution in [2.24, 2.45) is 0 Å². The summed E-state index contributed by atoms with van der Waals surface area (Å²) in [6.07, 6.45) is 0.985. The van der Waals surface area contributed by atoms with E-state index in [4.69, 9.17) is 4.52 Å². The lowest BCUT2D eigenvalue weighted by atomic mass is 10.6. The summed E-state index contributed by atoms with van der Waals surface area (Å²) >= 11 is 2.75. The molecule has 3 nitrogen and oxygen atoms in total. The average Bonchev–Trinajstić information content (AvgIpc) is 2.33. The zero-order valence-corrected chi connectivity index (χ0v) is 14.4. The Kier molecular flexibility index (Phi) is 10.5. The van der Waals surface area contributed by atoms with Crippen LogP contribution in [0.4, 0.5) is 0 Å². The summed E-state index contributed by atoms with van der Waals surface area (Å²) in [7, 11) is -0.823. The molecule has 0 aliphatic heterocycles. The van der Waals surface area contributed by atoms with E-state index in [1.807, 2.05) is 20.8 Å². The molecule has 3 atom stereocenters. The quantitative estimate of drug-likeness (QED) is 0.566. The third-order valence-corrected chi connectivity index (χ3v) is 11.7. The second-order valence-electron chi connectivity index (χ2n) is 3.47. The average molecular weight is 318 g/mol. The van der Waals surface area contributed by atoms with Crippen LogP contribution in [0.2, 0.25) is 0 Å². The molecule has 0 saturated carbocycles. The molecule has 0 spiro atoms. The highest BCUT2D eigenvalue weighted by Gasteiger charge is 2.25. The smallest absolute Gasteiger partial charge is 0.313 e. The van der Waals surface area contributed by atoms with Crippen molar-refractivity contribution in [1.82, 2.24) is 0 Å². The first kappa shape index (κ1) is 18.0. The standard InChI is InChI=1S/C10H23O3PS3/c1-5-8-15-14(11,13-6-2)16-9-10(4)17(12)7-3/h10H,5-9H2,1-4H3. The number of hydrogen-bond acceptors (Lipinski definition) is 5. The van der Waals surface area contributed by atoms with Crippen molar-refractivity contribution >= 4 is 39.3 Å². The zero-order chi connectivity index (χ0) is 13.3. The van der Waals surface area contributed by atoms with Gasteiger partial charge in [-0.15, -0.1) is 0 Å². The molecule has 17 heavy (non-hydrogen) atoms. The highest BCUT2D eigenvalue weighted by atomic mass is 33.1. The Labute approximate surface area is 116 Å². The molecule has 0 amide bonds. The van der Waals surface area contributed by atoms with Gasteiger partial charge >= 0.3 is 5.77 Å². The molecule has 0 aromatic rings. The summed E-state index contributed by atoms with van der Waals surface area (Å²) < 4.78 is 29.3. The molecule has 0 rings (SSSR count). The summed E-state index contributed by atoms with van der Waals surface area (Å²) in [5, 5.41) is 0.0704. The lowest BCUT2D eigenvalue weighted by Gasteiger charge is -2.17. The lowest BCUT2D eigenvalue weighted by Crippen LogP contribution is -2.15. The van der Waals surface area contributed by atoms with Crippen molar-refractivity contribution in [3.8, 4) is 0 Å². The van der Waals surface area contributed by atoms with E-state index in [-0.39, 0.29) is 5.25 Å². The van der Waals surface area contributed by atoms with Gasteiger partial charge in [0, 0.05) is 33.3 Å². The summed E-state index contributed by atoms with van der Waals surface area (Å²) in [6, 6.07) is 0.